The molecule has 0 amide bonds. The Labute approximate surface area is 207 Å². The van der Waals surface area contributed by atoms with Crippen molar-refractivity contribution in [2.24, 2.45) is 0 Å². The van der Waals surface area contributed by atoms with Crippen LogP contribution in [0.5, 0.6) is 5.75 Å². The first-order valence-electron chi connectivity index (χ1n) is 11.6. The van der Waals surface area contributed by atoms with Crippen LogP contribution in [0.15, 0.2) is 72.8 Å². The Morgan fingerprint density at radius 1 is 1.03 bits per heavy atom. The second-order valence-electron chi connectivity index (χ2n) is 8.72. The van der Waals surface area contributed by atoms with Gasteiger partial charge >= 0.3 is 0 Å². The third-order valence-electron chi connectivity index (χ3n) is 6.52. The Kier molecular flexibility index (Phi) is 7.74. The second-order valence-corrected chi connectivity index (χ2v) is 9.16. The molecule has 34 heavy (non-hydrogen) atoms. The van der Waals surface area contributed by atoms with Gasteiger partial charge in [0.2, 0.25) is 0 Å². The summed E-state index contributed by atoms with van der Waals surface area (Å²) in [7, 11) is 0. The van der Waals surface area contributed by atoms with E-state index in [-0.39, 0.29) is 31.3 Å². The summed E-state index contributed by atoms with van der Waals surface area (Å²) in [4.78, 5) is 8.51. The molecule has 0 bridgehead atoms. The number of ether oxygens (including phenoxy) is 1. The fourth-order valence-electron chi connectivity index (χ4n) is 4.74. The van der Waals surface area contributed by atoms with Crippen LogP contribution in [0.4, 0.5) is 11.4 Å². The number of anilines is 1. The summed E-state index contributed by atoms with van der Waals surface area (Å²) in [5.41, 5.74) is 4.24. The smallest absolute Gasteiger partial charge is 0.187 e. The van der Waals surface area contributed by atoms with E-state index in [1.165, 1.54) is 11.1 Å². The minimum Gasteiger partial charge on any atom is -0.491 e. The highest BCUT2D eigenvalue weighted by Gasteiger charge is 2.35. The number of benzene rings is 3. The lowest BCUT2D eigenvalue weighted by molar-refractivity contribution is 0.148. The van der Waals surface area contributed by atoms with E-state index in [0.717, 1.165) is 29.5 Å². The van der Waals surface area contributed by atoms with Gasteiger partial charge in [0, 0.05) is 35.9 Å². The first kappa shape index (κ1) is 24.1. The molecular formula is C28H30ClN3O2. The predicted octanol–water partition coefficient (Wildman–Crippen LogP) is 6.27. The topological polar surface area (TPSA) is 40.3 Å². The summed E-state index contributed by atoms with van der Waals surface area (Å²) < 4.78 is 5.55. The quantitative estimate of drug-likeness (QED) is 0.408. The Hall–Kier alpha value is -3.04. The standard InChI is InChI=1S/C28H30ClN3O2/c1-20-18-31(21(2)22-6-10-25(30-3)11-7-22)19-28(23-4-8-24(29)9-5-23)32(20)26-12-14-27(15-13-26)34-17-16-33/h4-15,20-21,28,33H,16-19H2,1-2H3/t20-,21-,28+/m1/s1. The minimum absolute atomic E-state index is 0.00181. The molecule has 1 fully saturated rings. The molecule has 1 N–H and O–H groups in total. The van der Waals surface area contributed by atoms with E-state index in [4.69, 9.17) is 28.0 Å². The molecule has 0 unspecified atom stereocenters. The highest BCUT2D eigenvalue weighted by atomic mass is 35.5. The van der Waals surface area contributed by atoms with Crippen LogP contribution in [0.1, 0.15) is 37.1 Å². The summed E-state index contributed by atoms with van der Waals surface area (Å²) in [5, 5.41) is 9.75. The fourth-order valence-corrected chi connectivity index (χ4v) is 4.86. The number of hydrogen-bond acceptors (Lipinski definition) is 4. The Bertz CT molecular complexity index is 1110. The van der Waals surface area contributed by atoms with Gasteiger partial charge in [0.05, 0.1) is 19.2 Å². The molecule has 5 nitrogen and oxygen atoms in total. The maximum Gasteiger partial charge on any atom is 0.187 e. The molecule has 0 radical (unpaired) electrons. The zero-order valence-corrected chi connectivity index (χ0v) is 20.3. The molecule has 0 aromatic heterocycles. The van der Waals surface area contributed by atoms with Crippen molar-refractivity contribution in [1.82, 2.24) is 4.90 Å². The van der Waals surface area contributed by atoms with Gasteiger partial charge in [-0.25, -0.2) is 4.85 Å². The molecule has 1 saturated heterocycles. The van der Waals surface area contributed by atoms with Crippen molar-refractivity contribution in [2.45, 2.75) is 32.0 Å². The average molecular weight is 476 g/mol. The lowest BCUT2D eigenvalue weighted by Crippen LogP contribution is -2.54. The minimum atomic E-state index is -0.00181. The monoisotopic (exact) mass is 475 g/mol. The average Bonchev–Trinajstić information content (AvgIpc) is 2.87. The van der Waals surface area contributed by atoms with E-state index in [0.29, 0.717) is 5.69 Å². The van der Waals surface area contributed by atoms with Crippen LogP contribution < -0.4 is 9.64 Å². The molecule has 3 atom stereocenters. The van der Waals surface area contributed by atoms with Crippen LogP contribution in [0.25, 0.3) is 4.85 Å². The van der Waals surface area contributed by atoms with Crippen molar-refractivity contribution in [2.75, 3.05) is 31.2 Å². The van der Waals surface area contributed by atoms with Gasteiger partial charge in [0.1, 0.15) is 12.4 Å². The second kappa shape index (κ2) is 10.9. The third kappa shape index (κ3) is 5.37. The highest BCUT2D eigenvalue weighted by Crippen LogP contribution is 2.38. The van der Waals surface area contributed by atoms with Gasteiger partial charge < -0.3 is 14.7 Å². The van der Waals surface area contributed by atoms with Gasteiger partial charge in [0.15, 0.2) is 5.69 Å². The number of nitrogens with zero attached hydrogens (tertiary/aromatic N) is 3. The SMILES string of the molecule is [C-]#[N+]c1ccc([C@@H](C)N2C[C@@H](C)N(c3ccc(OCCO)cc3)[C@H](c3ccc(Cl)cc3)C2)cc1. The van der Waals surface area contributed by atoms with Crippen LogP contribution in [0.3, 0.4) is 0 Å². The lowest BCUT2D eigenvalue weighted by Gasteiger charge is -2.49. The van der Waals surface area contributed by atoms with Crippen LogP contribution >= 0.6 is 11.6 Å². The van der Waals surface area contributed by atoms with Gasteiger partial charge in [-0.05, 0) is 61.4 Å². The summed E-state index contributed by atoms with van der Waals surface area (Å²) in [6.45, 7) is 13.8. The summed E-state index contributed by atoms with van der Waals surface area (Å²) in [6.07, 6.45) is 0. The zero-order chi connectivity index (χ0) is 24.1. The van der Waals surface area contributed by atoms with E-state index in [1.54, 1.807) is 0 Å². The third-order valence-corrected chi connectivity index (χ3v) is 6.77. The van der Waals surface area contributed by atoms with E-state index in [1.807, 2.05) is 36.4 Å². The normalized spacial score (nSPS) is 19.4. The first-order valence-corrected chi connectivity index (χ1v) is 12.0. The molecule has 176 valence electrons. The molecule has 1 aliphatic rings. The maximum absolute atomic E-state index is 9.02. The number of hydrogen-bond donors (Lipinski definition) is 1. The maximum atomic E-state index is 9.02. The van der Waals surface area contributed by atoms with Crippen LogP contribution in [0, 0.1) is 6.57 Å². The van der Waals surface area contributed by atoms with Gasteiger partial charge in [-0.1, -0.05) is 48.0 Å². The summed E-state index contributed by atoms with van der Waals surface area (Å²) in [6, 6.07) is 24.8. The Balaban J connectivity index is 1.63. The highest BCUT2D eigenvalue weighted by molar-refractivity contribution is 6.30. The summed E-state index contributed by atoms with van der Waals surface area (Å²) >= 11 is 6.20. The number of aliphatic hydroxyl groups is 1. The fraction of sp³-hybridized carbons (Fsp3) is 0.321. The molecule has 1 aliphatic heterocycles. The molecule has 0 spiro atoms. The lowest BCUT2D eigenvalue weighted by atomic mass is 9.95. The van der Waals surface area contributed by atoms with Gasteiger partial charge in [-0.2, -0.15) is 0 Å². The van der Waals surface area contributed by atoms with Gasteiger partial charge in [0.25, 0.3) is 0 Å². The molecule has 3 aromatic rings. The number of halogens is 1. The van der Waals surface area contributed by atoms with E-state index >= 15 is 0 Å². The molecular weight excluding hydrogens is 446 g/mol. The van der Waals surface area contributed by atoms with Gasteiger partial charge in [-0.15, -0.1) is 0 Å². The number of piperazine rings is 1. The van der Waals surface area contributed by atoms with Crippen LogP contribution in [0.2, 0.25) is 5.02 Å². The van der Waals surface area contributed by atoms with E-state index in [9.17, 15) is 0 Å². The van der Waals surface area contributed by atoms with Crippen molar-refractivity contribution in [3.8, 4) is 5.75 Å². The molecule has 1 heterocycles. The van der Waals surface area contributed by atoms with Gasteiger partial charge in [-0.3, -0.25) is 4.90 Å². The van der Waals surface area contributed by atoms with Crippen molar-refractivity contribution in [3.63, 3.8) is 0 Å². The molecule has 0 aliphatic carbocycles. The van der Waals surface area contributed by atoms with Crippen molar-refractivity contribution < 1.29 is 9.84 Å². The van der Waals surface area contributed by atoms with Crippen molar-refractivity contribution in [3.05, 3.63) is 100 Å². The summed E-state index contributed by atoms with van der Waals surface area (Å²) in [5.74, 6) is 0.753. The Morgan fingerprint density at radius 2 is 1.71 bits per heavy atom. The molecule has 6 heteroatoms. The van der Waals surface area contributed by atoms with Crippen LogP contribution in [-0.2, 0) is 0 Å². The molecule has 3 aromatic carbocycles. The largest absolute Gasteiger partial charge is 0.491 e. The van der Waals surface area contributed by atoms with E-state index in [2.05, 4.69) is 64.9 Å². The first-order chi connectivity index (χ1) is 16.5. The molecule has 0 saturated carbocycles. The van der Waals surface area contributed by atoms with Crippen molar-refractivity contribution in [1.29, 1.82) is 0 Å². The van der Waals surface area contributed by atoms with Crippen molar-refractivity contribution >= 4 is 23.0 Å². The number of aliphatic hydroxyl groups excluding tert-OH is 1. The van der Waals surface area contributed by atoms with E-state index < -0.39 is 0 Å². The Morgan fingerprint density at radius 3 is 2.32 bits per heavy atom. The molecule has 4 rings (SSSR count). The predicted molar refractivity (Wildman–Crippen MR) is 138 cm³/mol. The van der Waals surface area contributed by atoms with Crippen LogP contribution in [-0.4, -0.2) is 42.4 Å². The zero-order valence-electron chi connectivity index (χ0n) is 19.6. The number of rotatable bonds is 7.